The van der Waals surface area contributed by atoms with Crippen molar-refractivity contribution < 1.29 is 13.6 Å². The van der Waals surface area contributed by atoms with Gasteiger partial charge in [-0.25, -0.2) is 13.8 Å². The highest BCUT2D eigenvalue weighted by molar-refractivity contribution is 5.82. The summed E-state index contributed by atoms with van der Waals surface area (Å²) in [6.45, 7) is 0.911. The molecule has 2 fully saturated rings. The fourth-order valence-corrected chi connectivity index (χ4v) is 3.32. The van der Waals surface area contributed by atoms with E-state index in [1.54, 1.807) is 11.1 Å². The molecule has 1 aromatic heterocycles. The van der Waals surface area contributed by atoms with Crippen molar-refractivity contribution in [2.45, 2.75) is 37.6 Å². The summed E-state index contributed by atoms with van der Waals surface area (Å²) < 4.78 is 28.4. The molecule has 22 heavy (non-hydrogen) atoms. The first kappa shape index (κ1) is 15.4. The largest absolute Gasteiger partial charge is 0.341 e. The summed E-state index contributed by atoms with van der Waals surface area (Å²) in [6.07, 6.45) is 6.06. The smallest absolute Gasteiger partial charge is 0.262 e. The van der Waals surface area contributed by atoms with Crippen LogP contribution in [0.25, 0.3) is 0 Å². The van der Waals surface area contributed by atoms with Crippen molar-refractivity contribution in [3.8, 4) is 0 Å². The number of carbonyl (C=O) groups excluding carboxylic acids is 1. The lowest BCUT2D eigenvalue weighted by Crippen LogP contribution is -2.47. The number of halogens is 2. The van der Waals surface area contributed by atoms with Crippen LogP contribution in [0.2, 0.25) is 0 Å². The number of imidazole rings is 1. The van der Waals surface area contributed by atoms with E-state index in [0.29, 0.717) is 19.0 Å². The van der Waals surface area contributed by atoms with Gasteiger partial charge < -0.3 is 9.47 Å². The second kappa shape index (κ2) is 5.95. The molecular weight excluding hydrogens is 290 g/mol. The third-order valence-corrected chi connectivity index (χ3v) is 4.73. The maximum atomic E-state index is 13.2. The van der Waals surface area contributed by atoms with Gasteiger partial charge in [-0.05, 0) is 18.8 Å². The summed E-state index contributed by atoms with van der Waals surface area (Å²) in [5.41, 5.74) is 0. The monoisotopic (exact) mass is 312 g/mol. The summed E-state index contributed by atoms with van der Waals surface area (Å²) in [5.74, 6) is -1.37. The summed E-state index contributed by atoms with van der Waals surface area (Å²) in [5, 5.41) is 2.64. The van der Waals surface area contributed by atoms with Gasteiger partial charge in [0.2, 0.25) is 5.91 Å². The van der Waals surface area contributed by atoms with Gasteiger partial charge in [-0.2, -0.15) is 0 Å². The van der Waals surface area contributed by atoms with E-state index in [9.17, 15) is 13.6 Å². The number of carbonyl (C=O) groups is 1. The molecule has 1 N–H and O–H groups in total. The van der Waals surface area contributed by atoms with Crippen molar-refractivity contribution in [2.24, 2.45) is 13.0 Å². The van der Waals surface area contributed by atoms with Crippen LogP contribution in [0.15, 0.2) is 12.4 Å². The molecule has 2 saturated heterocycles. The molecule has 2 aliphatic rings. The maximum absolute atomic E-state index is 13.2. The molecule has 1 atom stereocenters. The molecule has 1 amide bonds. The van der Waals surface area contributed by atoms with Gasteiger partial charge >= 0.3 is 0 Å². The Kier molecular flexibility index (Phi) is 4.16. The highest BCUT2D eigenvalue weighted by Crippen LogP contribution is 2.27. The highest BCUT2D eigenvalue weighted by Gasteiger charge is 2.43. The highest BCUT2D eigenvalue weighted by atomic mass is 19.3. The van der Waals surface area contributed by atoms with Crippen molar-refractivity contribution in [3.63, 3.8) is 0 Å². The first-order valence-corrected chi connectivity index (χ1v) is 7.81. The lowest BCUT2D eigenvalue weighted by atomic mass is 9.92. The molecule has 5 nitrogen and oxygen atoms in total. The van der Waals surface area contributed by atoms with Crippen molar-refractivity contribution in [1.82, 2.24) is 19.8 Å². The van der Waals surface area contributed by atoms with Crippen LogP contribution in [0.3, 0.4) is 0 Å². The van der Waals surface area contributed by atoms with E-state index in [4.69, 9.17) is 0 Å². The molecule has 0 radical (unpaired) electrons. The predicted molar refractivity (Wildman–Crippen MR) is 77.6 cm³/mol. The standard InChI is InChI=1S/C15H22F2N4O/c1-20-7-4-18-13(20)8-11-2-5-21(6-3-11)14(22)12-9-15(16,17)10-19-12/h4,7,11-12,19H,2-3,5-6,8-10H2,1H3. The molecule has 3 rings (SSSR count). The molecule has 0 aromatic carbocycles. The average molecular weight is 312 g/mol. The molecule has 0 bridgehead atoms. The fourth-order valence-electron chi connectivity index (χ4n) is 3.32. The predicted octanol–water partition coefficient (Wildman–Crippen LogP) is 1.20. The Morgan fingerprint density at radius 3 is 2.73 bits per heavy atom. The number of nitrogens with zero attached hydrogens (tertiary/aromatic N) is 3. The zero-order valence-corrected chi connectivity index (χ0v) is 12.8. The van der Waals surface area contributed by atoms with E-state index in [0.717, 1.165) is 25.1 Å². The third kappa shape index (κ3) is 3.29. The summed E-state index contributed by atoms with van der Waals surface area (Å²) in [7, 11) is 1.98. The third-order valence-electron chi connectivity index (χ3n) is 4.73. The number of hydrogen-bond acceptors (Lipinski definition) is 3. The Morgan fingerprint density at radius 1 is 1.45 bits per heavy atom. The van der Waals surface area contributed by atoms with Crippen LogP contribution in [0.1, 0.15) is 25.1 Å². The second-order valence-electron chi connectivity index (χ2n) is 6.42. The minimum absolute atomic E-state index is 0.174. The van der Waals surface area contributed by atoms with Gasteiger partial charge in [0.25, 0.3) is 5.92 Å². The zero-order valence-electron chi connectivity index (χ0n) is 12.8. The number of piperidine rings is 1. The van der Waals surface area contributed by atoms with Gasteiger partial charge in [-0.3, -0.25) is 10.1 Å². The van der Waals surface area contributed by atoms with Crippen LogP contribution in [0.5, 0.6) is 0 Å². The Bertz CT molecular complexity index is 537. The lowest BCUT2D eigenvalue weighted by molar-refractivity contribution is -0.135. The molecule has 0 aliphatic carbocycles. The van der Waals surface area contributed by atoms with Crippen LogP contribution in [-0.2, 0) is 18.3 Å². The Hall–Kier alpha value is -1.50. The van der Waals surface area contributed by atoms with E-state index in [2.05, 4.69) is 10.3 Å². The van der Waals surface area contributed by atoms with E-state index < -0.39 is 12.0 Å². The van der Waals surface area contributed by atoms with Gasteiger partial charge in [0.15, 0.2) is 0 Å². The van der Waals surface area contributed by atoms with E-state index >= 15 is 0 Å². The van der Waals surface area contributed by atoms with Gasteiger partial charge in [0.05, 0.1) is 12.6 Å². The summed E-state index contributed by atoms with van der Waals surface area (Å²) >= 11 is 0. The topological polar surface area (TPSA) is 50.2 Å². The molecule has 0 saturated carbocycles. The molecule has 0 spiro atoms. The SMILES string of the molecule is Cn1ccnc1CC1CCN(C(=O)C2CC(F)(F)CN2)CC1. The molecule has 1 unspecified atom stereocenters. The van der Waals surface area contributed by atoms with Crippen LogP contribution >= 0.6 is 0 Å². The van der Waals surface area contributed by atoms with Crippen LogP contribution < -0.4 is 5.32 Å². The first-order chi connectivity index (χ1) is 10.4. The van der Waals surface area contributed by atoms with Gasteiger partial charge in [-0.15, -0.1) is 0 Å². The van der Waals surface area contributed by atoms with Crippen molar-refractivity contribution in [2.75, 3.05) is 19.6 Å². The molecule has 2 aliphatic heterocycles. The number of amides is 1. The molecule has 1 aromatic rings. The number of hydrogen-bond donors (Lipinski definition) is 1. The number of likely N-dealkylation sites (tertiary alicyclic amines) is 1. The zero-order chi connectivity index (χ0) is 15.7. The minimum atomic E-state index is -2.75. The fraction of sp³-hybridized carbons (Fsp3) is 0.733. The second-order valence-corrected chi connectivity index (χ2v) is 6.42. The van der Waals surface area contributed by atoms with Gasteiger partial charge in [0, 0.05) is 45.4 Å². The Labute approximate surface area is 128 Å². The Morgan fingerprint density at radius 2 is 2.18 bits per heavy atom. The summed E-state index contributed by atoms with van der Waals surface area (Å²) in [4.78, 5) is 18.3. The summed E-state index contributed by atoms with van der Waals surface area (Å²) in [6, 6.07) is -0.721. The van der Waals surface area contributed by atoms with Crippen molar-refractivity contribution in [1.29, 1.82) is 0 Å². The van der Waals surface area contributed by atoms with E-state index in [1.165, 1.54) is 0 Å². The lowest BCUT2D eigenvalue weighted by Gasteiger charge is -2.33. The van der Waals surface area contributed by atoms with Gasteiger partial charge in [0.1, 0.15) is 5.82 Å². The number of aromatic nitrogens is 2. The number of nitrogens with one attached hydrogen (secondary N) is 1. The quantitative estimate of drug-likeness (QED) is 0.912. The number of alkyl halides is 2. The number of rotatable bonds is 3. The number of aryl methyl sites for hydroxylation is 1. The van der Waals surface area contributed by atoms with Crippen LogP contribution in [0, 0.1) is 5.92 Å². The van der Waals surface area contributed by atoms with Gasteiger partial charge in [-0.1, -0.05) is 0 Å². The average Bonchev–Trinajstić information content (AvgIpc) is 3.05. The minimum Gasteiger partial charge on any atom is -0.341 e. The van der Waals surface area contributed by atoms with E-state index in [-0.39, 0.29) is 18.9 Å². The maximum Gasteiger partial charge on any atom is 0.262 e. The van der Waals surface area contributed by atoms with E-state index in [1.807, 2.05) is 17.8 Å². The molecule has 7 heteroatoms. The van der Waals surface area contributed by atoms with Crippen LogP contribution in [0.4, 0.5) is 8.78 Å². The molecule has 122 valence electrons. The molecular formula is C15H22F2N4O. The first-order valence-electron chi connectivity index (χ1n) is 7.81. The van der Waals surface area contributed by atoms with Crippen LogP contribution in [-0.4, -0.2) is 52.0 Å². The Balaban J connectivity index is 1.49. The van der Waals surface area contributed by atoms with Crippen molar-refractivity contribution in [3.05, 3.63) is 18.2 Å². The van der Waals surface area contributed by atoms with Crippen molar-refractivity contribution >= 4 is 5.91 Å². The normalized spacial score (nSPS) is 25.6. The molecule has 3 heterocycles.